The van der Waals surface area contributed by atoms with Crippen LogP contribution in [-0.4, -0.2) is 19.6 Å². The maximum atomic E-state index is 11.3. The van der Waals surface area contributed by atoms with Crippen LogP contribution in [0.3, 0.4) is 0 Å². The first kappa shape index (κ1) is 17.6. The SMILES string of the molecule is Cc1ccc(C=NNc2ccc(S(N)(=O)=O)cc2[N+](=O)[O-])c(C)c1. The third-order valence-electron chi connectivity index (χ3n) is 3.31. The molecule has 2 aromatic rings. The molecule has 0 atom stereocenters. The van der Waals surface area contributed by atoms with Gasteiger partial charge >= 0.3 is 0 Å². The van der Waals surface area contributed by atoms with E-state index in [1.54, 1.807) is 0 Å². The van der Waals surface area contributed by atoms with Crippen LogP contribution in [0.1, 0.15) is 16.7 Å². The molecular formula is C15H16N4O4S. The van der Waals surface area contributed by atoms with Crippen LogP contribution in [0, 0.1) is 24.0 Å². The third kappa shape index (κ3) is 4.15. The second-order valence-electron chi connectivity index (χ2n) is 5.21. The molecule has 0 saturated heterocycles. The van der Waals surface area contributed by atoms with E-state index in [1.807, 2.05) is 32.0 Å². The van der Waals surface area contributed by atoms with Crippen LogP contribution < -0.4 is 10.6 Å². The number of anilines is 1. The molecule has 0 bridgehead atoms. The van der Waals surface area contributed by atoms with Gasteiger partial charge in [-0.15, -0.1) is 0 Å². The lowest BCUT2D eigenvalue weighted by atomic mass is 10.1. The van der Waals surface area contributed by atoms with E-state index in [1.165, 1.54) is 18.3 Å². The maximum absolute atomic E-state index is 11.3. The smallest absolute Gasteiger partial charge is 0.272 e. The largest absolute Gasteiger partial charge is 0.295 e. The number of hydrogen-bond acceptors (Lipinski definition) is 6. The van der Waals surface area contributed by atoms with Crippen molar-refractivity contribution < 1.29 is 13.3 Å². The van der Waals surface area contributed by atoms with Crippen molar-refractivity contribution in [2.75, 3.05) is 5.43 Å². The number of nitro benzene ring substituents is 1. The highest BCUT2D eigenvalue weighted by molar-refractivity contribution is 7.89. The Kier molecular flexibility index (Phi) is 4.96. The standard InChI is InChI=1S/C15H16N4O4S/c1-10-3-4-12(11(2)7-10)9-17-18-14-6-5-13(24(16,22)23)8-15(14)19(20)21/h3-9,18H,1-2H3,(H2,16,22,23). The van der Waals surface area contributed by atoms with Gasteiger partial charge in [0, 0.05) is 6.07 Å². The highest BCUT2D eigenvalue weighted by Crippen LogP contribution is 2.27. The summed E-state index contributed by atoms with van der Waals surface area (Å²) >= 11 is 0. The van der Waals surface area contributed by atoms with Gasteiger partial charge in [-0.25, -0.2) is 13.6 Å². The van der Waals surface area contributed by atoms with E-state index < -0.39 is 20.6 Å². The summed E-state index contributed by atoms with van der Waals surface area (Å²) in [5, 5.41) is 20.1. The number of benzene rings is 2. The number of nitro groups is 1. The molecule has 0 aliphatic carbocycles. The predicted octanol–water partition coefficient (Wildman–Crippen LogP) is 2.31. The molecule has 0 aliphatic heterocycles. The zero-order valence-electron chi connectivity index (χ0n) is 13.1. The minimum absolute atomic E-state index is 0.0633. The normalized spacial score (nSPS) is 11.6. The Labute approximate surface area is 139 Å². The average Bonchev–Trinajstić information content (AvgIpc) is 2.48. The van der Waals surface area contributed by atoms with Crippen LogP contribution in [-0.2, 0) is 10.0 Å². The molecule has 0 saturated carbocycles. The van der Waals surface area contributed by atoms with Gasteiger partial charge in [-0.2, -0.15) is 5.10 Å². The number of rotatable bonds is 5. The van der Waals surface area contributed by atoms with E-state index in [0.29, 0.717) is 0 Å². The van der Waals surface area contributed by atoms with Gasteiger partial charge in [0.25, 0.3) is 5.69 Å². The van der Waals surface area contributed by atoms with Gasteiger partial charge in [0.15, 0.2) is 0 Å². The van der Waals surface area contributed by atoms with Crippen molar-refractivity contribution in [2.24, 2.45) is 10.2 Å². The number of nitrogens with one attached hydrogen (secondary N) is 1. The topological polar surface area (TPSA) is 128 Å². The van der Waals surface area contributed by atoms with Crippen molar-refractivity contribution in [3.8, 4) is 0 Å². The molecule has 0 unspecified atom stereocenters. The number of sulfonamides is 1. The Balaban J connectivity index is 2.29. The van der Waals surface area contributed by atoms with Gasteiger partial charge in [0.2, 0.25) is 10.0 Å². The average molecular weight is 348 g/mol. The quantitative estimate of drug-likeness (QED) is 0.487. The number of aryl methyl sites for hydroxylation is 2. The molecule has 0 heterocycles. The summed E-state index contributed by atoms with van der Waals surface area (Å²) in [5.74, 6) is 0. The molecule has 9 heteroatoms. The molecule has 2 rings (SSSR count). The number of primary sulfonamides is 1. The molecule has 0 aromatic heterocycles. The van der Waals surface area contributed by atoms with Crippen molar-refractivity contribution in [2.45, 2.75) is 18.7 Å². The van der Waals surface area contributed by atoms with Crippen LogP contribution in [0.15, 0.2) is 46.4 Å². The molecule has 0 fully saturated rings. The van der Waals surface area contributed by atoms with Crippen molar-refractivity contribution in [3.63, 3.8) is 0 Å². The summed E-state index contributed by atoms with van der Waals surface area (Å²) in [6, 6.07) is 9.12. The lowest BCUT2D eigenvalue weighted by Gasteiger charge is -2.05. The Morgan fingerprint density at radius 3 is 2.50 bits per heavy atom. The molecule has 126 valence electrons. The molecular weight excluding hydrogens is 332 g/mol. The van der Waals surface area contributed by atoms with E-state index in [0.717, 1.165) is 22.8 Å². The monoisotopic (exact) mass is 348 g/mol. The van der Waals surface area contributed by atoms with Crippen LogP contribution in [0.5, 0.6) is 0 Å². The first-order valence-corrected chi connectivity index (χ1v) is 8.40. The van der Waals surface area contributed by atoms with Crippen molar-refractivity contribution >= 4 is 27.6 Å². The summed E-state index contributed by atoms with van der Waals surface area (Å²) in [5.41, 5.74) is 5.18. The minimum atomic E-state index is -4.02. The van der Waals surface area contributed by atoms with Crippen LogP contribution in [0.4, 0.5) is 11.4 Å². The minimum Gasteiger partial charge on any atom is -0.272 e. The summed E-state index contributed by atoms with van der Waals surface area (Å²) in [4.78, 5) is 10.1. The van der Waals surface area contributed by atoms with Gasteiger partial charge in [-0.05, 0) is 37.1 Å². The predicted molar refractivity (Wildman–Crippen MR) is 91.6 cm³/mol. The summed E-state index contributed by atoms with van der Waals surface area (Å²) < 4.78 is 22.6. The van der Waals surface area contributed by atoms with Gasteiger partial charge in [-0.1, -0.05) is 23.8 Å². The van der Waals surface area contributed by atoms with Gasteiger partial charge in [0.1, 0.15) is 5.69 Å². The fraction of sp³-hybridized carbons (Fsp3) is 0.133. The summed E-state index contributed by atoms with van der Waals surface area (Å²) in [6.45, 7) is 3.90. The molecule has 0 amide bonds. The summed E-state index contributed by atoms with van der Waals surface area (Å²) in [6.07, 6.45) is 1.53. The number of hydrazone groups is 1. The number of nitrogens with zero attached hydrogens (tertiary/aromatic N) is 2. The zero-order valence-corrected chi connectivity index (χ0v) is 13.9. The van der Waals surface area contributed by atoms with Crippen LogP contribution >= 0.6 is 0 Å². The fourth-order valence-corrected chi connectivity index (χ4v) is 2.61. The summed E-state index contributed by atoms with van der Waals surface area (Å²) in [7, 11) is -4.02. The Morgan fingerprint density at radius 1 is 1.21 bits per heavy atom. The van der Waals surface area contributed by atoms with Crippen molar-refractivity contribution in [1.29, 1.82) is 0 Å². The second kappa shape index (κ2) is 6.77. The van der Waals surface area contributed by atoms with E-state index >= 15 is 0 Å². The Morgan fingerprint density at radius 2 is 1.92 bits per heavy atom. The second-order valence-corrected chi connectivity index (χ2v) is 6.77. The fourth-order valence-electron chi connectivity index (χ4n) is 2.08. The van der Waals surface area contributed by atoms with Gasteiger partial charge < -0.3 is 0 Å². The van der Waals surface area contributed by atoms with Gasteiger partial charge in [0.05, 0.1) is 16.0 Å². The highest BCUT2D eigenvalue weighted by Gasteiger charge is 2.18. The zero-order chi connectivity index (χ0) is 17.9. The number of nitrogens with two attached hydrogens (primary N) is 1. The Hall–Kier alpha value is -2.78. The molecule has 3 N–H and O–H groups in total. The molecule has 24 heavy (non-hydrogen) atoms. The van der Waals surface area contributed by atoms with Crippen molar-refractivity contribution in [3.05, 3.63) is 63.2 Å². The van der Waals surface area contributed by atoms with E-state index in [9.17, 15) is 18.5 Å². The lowest BCUT2D eigenvalue weighted by molar-refractivity contribution is -0.384. The first-order valence-electron chi connectivity index (χ1n) is 6.86. The third-order valence-corrected chi connectivity index (χ3v) is 4.22. The van der Waals surface area contributed by atoms with E-state index in [-0.39, 0.29) is 10.6 Å². The number of hydrogen-bond donors (Lipinski definition) is 2. The highest BCUT2D eigenvalue weighted by atomic mass is 32.2. The van der Waals surface area contributed by atoms with Crippen LogP contribution in [0.25, 0.3) is 0 Å². The first-order chi connectivity index (χ1) is 11.2. The van der Waals surface area contributed by atoms with Crippen molar-refractivity contribution in [1.82, 2.24) is 0 Å². The Bertz CT molecular complexity index is 923. The van der Waals surface area contributed by atoms with E-state index in [4.69, 9.17) is 5.14 Å². The lowest BCUT2D eigenvalue weighted by Crippen LogP contribution is -2.12. The molecule has 2 aromatic carbocycles. The van der Waals surface area contributed by atoms with Gasteiger partial charge in [-0.3, -0.25) is 15.5 Å². The molecule has 0 radical (unpaired) electrons. The van der Waals surface area contributed by atoms with Crippen LogP contribution in [0.2, 0.25) is 0 Å². The molecule has 8 nitrogen and oxygen atoms in total. The van der Waals surface area contributed by atoms with E-state index in [2.05, 4.69) is 10.5 Å². The maximum Gasteiger partial charge on any atom is 0.295 e. The molecule has 0 aliphatic rings. The molecule has 0 spiro atoms.